The second kappa shape index (κ2) is 9.00. The maximum Gasteiger partial charge on any atom is 0.407 e. The first-order valence-electron chi connectivity index (χ1n) is 10.1. The summed E-state index contributed by atoms with van der Waals surface area (Å²) in [5.41, 5.74) is 4.69. The van der Waals surface area contributed by atoms with E-state index in [-0.39, 0.29) is 18.9 Å². The van der Waals surface area contributed by atoms with E-state index in [0.29, 0.717) is 5.56 Å². The third kappa shape index (κ3) is 4.58. The average molecular weight is 418 g/mol. The minimum Gasteiger partial charge on any atom is -0.550 e. The van der Waals surface area contributed by atoms with Gasteiger partial charge >= 0.3 is 6.09 Å². The number of amides is 1. The van der Waals surface area contributed by atoms with E-state index in [4.69, 9.17) is 4.74 Å². The van der Waals surface area contributed by atoms with E-state index in [1.807, 2.05) is 48.5 Å². The predicted molar refractivity (Wildman–Crippen MR) is 112 cm³/mol. The zero-order chi connectivity index (χ0) is 21.8. The fourth-order valence-corrected chi connectivity index (χ4v) is 4.11. The highest BCUT2D eigenvalue weighted by molar-refractivity contribution is 5.79. The number of fused-ring (bicyclic) bond motifs is 3. The highest BCUT2D eigenvalue weighted by atomic mass is 19.1. The lowest BCUT2D eigenvalue weighted by atomic mass is 9.98. The Morgan fingerprint density at radius 2 is 1.52 bits per heavy atom. The molecule has 0 aliphatic heterocycles. The highest BCUT2D eigenvalue weighted by Crippen LogP contribution is 2.44. The molecule has 0 spiro atoms. The molecule has 0 saturated carbocycles. The minimum absolute atomic E-state index is 0.0187. The number of hydrogen-bond acceptors (Lipinski definition) is 4. The predicted octanol–water partition coefficient (Wildman–Crippen LogP) is 3.42. The number of halogens is 1. The van der Waals surface area contributed by atoms with Crippen LogP contribution in [0.25, 0.3) is 11.1 Å². The van der Waals surface area contributed by atoms with E-state index in [2.05, 4.69) is 5.32 Å². The van der Waals surface area contributed by atoms with E-state index in [9.17, 15) is 19.1 Å². The first-order chi connectivity index (χ1) is 15.0. The molecule has 0 aromatic heterocycles. The van der Waals surface area contributed by atoms with Gasteiger partial charge in [0.1, 0.15) is 12.4 Å². The molecule has 4 rings (SSSR count). The maximum atomic E-state index is 14.0. The third-order valence-electron chi connectivity index (χ3n) is 5.50. The normalized spacial score (nSPS) is 13.2. The number of aliphatic carboxylic acids is 1. The van der Waals surface area contributed by atoms with E-state index in [0.717, 1.165) is 22.3 Å². The molecule has 1 atom stereocenters. The second-order valence-electron chi connectivity index (χ2n) is 7.54. The molecule has 1 aliphatic rings. The smallest absolute Gasteiger partial charge is 0.407 e. The third-order valence-corrected chi connectivity index (χ3v) is 5.50. The maximum absolute atomic E-state index is 14.0. The number of nitrogens with one attached hydrogen (secondary N) is 1. The quantitative estimate of drug-likeness (QED) is 0.638. The van der Waals surface area contributed by atoms with Crippen molar-refractivity contribution < 1.29 is 23.8 Å². The molecule has 158 valence electrons. The number of hydrogen-bond donors (Lipinski definition) is 1. The molecule has 31 heavy (non-hydrogen) atoms. The molecule has 0 unspecified atom stereocenters. The van der Waals surface area contributed by atoms with Crippen LogP contribution < -0.4 is 10.4 Å². The van der Waals surface area contributed by atoms with Crippen LogP contribution in [0.1, 0.15) is 29.0 Å². The Kier molecular flexibility index (Phi) is 5.98. The molecular weight excluding hydrogens is 397 g/mol. The fraction of sp³-hybridized carbons (Fsp3) is 0.200. The van der Waals surface area contributed by atoms with Crippen molar-refractivity contribution in [3.05, 3.63) is 95.3 Å². The Bertz CT molecular complexity index is 1070. The molecule has 0 saturated heterocycles. The fourth-order valence-electron chi connectivity index (χ4n) is 4.11. The van der Waals surface area contributed by atoms with Gasteiger partial charge < -0.3 is 20.0 Å². The number of ether oxygens (including phenoxy) is 1. The van der Waals surface area contributed by atoms with Crippen LogP contribution in [-0.2, 0) is 16.0 Å². The van der Waals surface area contributed by atoms with Crippen LogP contribution in [0.3, 0.4) is 0 Å². The second-order valence-corrected chi connectivity index (χ2v) is 7.54. The van der Waals surface area contributed by atoms with Crippen molar-refractivity contribution in [1.82, 2.24) is 5.32 Å². The van der Waals surface area contributed by atoms with Gasteiger partial charge in [-0.25, -0.2) is 9.18 Å². The van der Waals surface area contributed by atoms with Crippen molar-refractivity contribution >= 4 is 12.1 Å². The standard InChI is InChI=1S/C25H22FNO4/c26-23-12-6-1-7-16(23)13-17(14-24(28)29)27-25(30)31-15-22-20-10-4-2-8-18(20)19-9-3-5-11-21(19)22/h1-12,17,22H,13-15H2,(H,27,30)(H,28,29)/p-1/t17-/m1/s1. The van der Waals surface area contributed by atoms with Crippen LogP contribution in [0.5, 0.6) is 0 Å². The monoisotopic (exact) mass is 418 g/mol. The van der Waals surface area contributed by atoms with E-state index < -0.39 is 30.3 Å². The minimum atomic E-state index is -1.33. The van der Waals surface area contributed by atoms with Crippen molar-refractivity contribution in [2.75, 3.05) is 6.61 Å². The van der Waals surface area contributed by atoms with Crippen LogP contribution in [0.15, 0.2) is 72.8 Å². The molecular formula is C25H21FNO4-. The van der Waals surface area contributed by atoms with Crippen molar-refractivity contribution in [2.24, 2.45) is 0 Å². The van der Waals surface area contributed by atoms with Gasteiger partial charge in [-0.2, -0.15) is 0 Å². The van der Waals surface area contributed by atoms with Crippen molar-refractivity contribution in [3.63, 3.8) is 0 Å². The van der Waals surface area contributed by atoms with Gasteiger partial charge in [0.25, 0.3) is 0 Å². The van der Waals surface area contributed by atoms with Gasteiger partial charge in [0.15, 0.2) is 0 Å². The topological polar surface area (TPSA) is 78.5 Å². The summed E-state index contributed by atoms with van der Waals surface area (Å²) in [7, 11) is 0. The molecule has 1 aliphatic carbocycles. The Morgan fingerprint density at radius 1 is 0.935 bits per heavy atom. The van der Waals surface area contributed by atoms with E-state index in [1.165, 1.54) is 6.07 Å². The molecule has 1 amide bonds. The Labute approximate surface area is 179 Å². The molecule has 0 fully saturated rings. The van der Waals surface area contributed by atoms with Crippen molar-refractivity contribution in [3.8, 4) is 11.1 Å². The number of carbonyl (C=O) groups excluding carboxylic acids is 2. The van der Waals surface area contributed by atoms with Gasteiger partial charge in [0.2, 0.25) is 0 Å². The van der Waals surface area contributed by atoms with E-state index in [1.54, 1.807) is 18.2 Å². The number of rotatable bonds is 7. The summed E-state index contributed by atoms with van der Waals surface area (Å²) in [6.07, 6.45) is -1.17. The molecule has 6 heteroatoms. The lowest BCUT2D eigenvalue weighted by molar-refractivity contribution is -0.306. The van der Waals surface area contributed by atoms with Crippen LogP contribution in [-0.4, -0.2) is 24.7 Å². The summed E-state index contributed by atoms with van der Waals surface area (Å²) in [6.45, 7) is 0.109. The van der Waals surface area contributed by atoms with Crippen LogP contribution in [0.4, 0.5) is 9.18 Å². The molecule has 3 aromatic rings. The lowest BCUT2D eigenvalue weighted by Gasteiger charge is -2.21. The van der Waals surface area contributed by atoms with Gasteiger partial charge in [-0.15, -0.1) is 0 Å². The van der Waals surface area contributed by atoms with Gasteiger partial charge in [0, 0.05) is 24.3 Å². The molecule has 0 heterocycles. The zero-order valence-corrected chi connectivity index (χ0v) is 16.7. The lowest BCUT2D eigenvalue weighted by Crippen LogP contribution is -2.41. The SMILES string of the molecule is O=C([O-])C[C@@H](Cc1ccccc1F)NC(=O)OCC1c2ccccc2-c2ccccc21. The first kappa shape index (κ1) is 20.6. The van der Waals surface area contributed by atoms with Gasteiger partial charge in [-0.3, -0.25) is 0 Å². The molecule has 3 aromatic carbocycles. The van der Waals surface area contributed by atoms with Crippen molar-refractivity contribution in [2.45, 2.75) is 24.8 Å². The summed E-state index contributed by atoms with van der Waals surface area (Å²) in [4.78, 5) is 23.6. The number of carbonyl (C=O) groups is 2. The summed E-state index contributed by atoms with van der Waals surface area (Å²) in [6, 6.07) is 21.1. The summed E-state index contributed by atoms with van der Waals surface area (Å²) in [5.74, 6) is -1.90. The number of carboxylic acids is 1. The zero-order valence-electron chi connectivity index (χ0n) is 16.7. The summed E-state index contributed by atoms with van der Waals surface area (Å²) >= 11 is 0. The molecule has 0 radical (unpaired) electrons. The van der Waals surface area contributed by atoms with Gasteiger partial charge in [-0.1, -0.05) is 66.7 Å². The van der Waals surface area contributed by atoms with E-state index >= 15 is 0 Å². The Hall–Kier alpha value is -3.67. The van der Waals surface area contributed by atoms with Crippen LogP contribution in [0.2, 0.25) is 0 Å². The molecule has 1 N–H and O–H groups in total. The summed E-state index contributed by atoms with van der Waals surface area (Å²) < 4.78 is 19.4. The largest absolute Gasteiger partial charge is 0.550 e. The highest BCUT2D eigenvalue weighted by Gasteiger charge is 2.29. The Balaban J connectivity index is 1.44. The number of benzene rings is 3. The first-order valence-corrected chi connectivity index (χ1v) is 10.1. The number of alkyl carbamates (subject to hydrolysis) is 1. The molecule has 0 bridgehead atoms. The van der Waals surface area contributed by atoms with Gasteiger partial charge in [0.05, 0.1) is 0 Å². The van der Waals surface area contributed by atoms with Crippen LogP contribution >= 0.6 is 0 Å². The number of carboxylic acid groups (broad SMARTS) is 1. The van der Waals surface area contributed by atoms with Crippen LogP contribution in [0, 0.1) is 5.82 Å². The average Bonchev–Trinajstić information content (AvgIpc) is 3.07. The van der Waals surface area contributed by atoms with Gasteiger partial charge in [-0.05, 0) is 40.3 Å². The Morgan fingerprint density at radius 3 is 2.13 bits per heavy atom. The van der Waals surface area contributed by atoms with Crippen molar-refractivity contribution in [1.29, 1.82) is 0 Å². The summed E-state index contributed by atoms with van der Waals surface area (Å²) in [5, 5.41) is 13.7. The molecule has 5 nitrogen and oxygen atoms in total.